The van der Waals surface area contributed by atoms with Gasteiger partial charge in [-0.2, -0.15) is 5.10 Å². The Kier molecular flexibility index (Phi) is 4.75. The minimum absolute atomic E-state index is 0.330. The standard InChI is InChI=1S/C14H27N3/c1-11-10-12(17(6)16-11)8-7-9-13(15-5)14(2,3)4/h10,13,15H,7-9H2,1-6H3. The largest absolute Gasteiger partial charge is 0.316 e. The summed E-state index contributed by atoms with van der Waals surface area (Å²) in [5.41, 5.74) is 2.78. The molecule has 1 rings (SSSR count). The smallest absolute Gasteiger partial charge is 0.0596 e. The third-order valence-electron chi connectivity index (χ3n) is 3.42. The Hall–Kier alpha value is -0.830. The molecule has 0 fully saturated rings. The van der Waals surface area contributed by atoms with Gasteiger partial charge in [0.05, 0.1) is 5.69 Å². The first-order chi connectivity index (χ1) is 7.84. The Morgan fingerprint density at radius 3 is 2.47 bits per heavy atom. The molecule has 98 valence electrons. The van der Waals surface area contributed by atoms with Crippen molar-refractivity contribution in [3.63, 3.8) is 0 Å². The highest BCUT2D eigenvalue weighted by atomic mass is 15.3. The van der Waals surface area contributed by atoms with Crippen LogP contribution in [0, 0.1) is 12.3 Å². The highest BCUT2D eigenvalue weighted by Gasteiger charge is 2.22. The van der Waals surface area contributed by atoms with Crippen molar-refractivity contribution < 1.29 is 0 Å². The molecule has 1 aromatic rings. The second-order valence-corrected chi connectivity index (χ2v) is 6.00. The van der Waals surface area contributed by atoms with E-state index in [1.807, 2.05) is 11.7 Å². The van der Waals surface area contributed by atoms with E-state index in [0.29, 0.717) is 11.5 Å². The van der Waals surface area contributed by atoms with Crippen molar-refractivity contribution in [3.8, 4) is 0 Å². The van der Waals surface area contributed by atoms with Gasteiger partial charge in [-0.15, -0.1) is 0 Å². The molecule has 0 aliphatic heterocycles. The topological polar surface area (TPSA) is 29.9 Å². The van der Waals surface area contributed by atoms with E-state index < -0.39 is 0 Å². The zero-order chi connectivity index (χ0) is 13.1. The molecule has 1 heterocycles. The van der Waals surface area contributed by atoms with E-state index >= 15 is 0 Å². The van der Waals surface area contributed by atoms with E-state index in [1.54, 1.807) is 0 Å². The summed E-state index contributed by atoms with van der Waals surface area (Å²) in [5, 5.41) is 7.80. The van der Waals surface area contributed by atoms with E-state index in [1.165, 1.54) is 18.5 Å². The Labute approximate surface area is 106 Å². The lowest BCUT2D eigenvalue weighted by Gasteiger charge is -2.30. The van der Waals surface area contributed by atoms with Crippen LogP contribution < -0.4 is 5.32 Å². The van der Waals surface area contributed by atoms with E-state index in [-0.39, 0.29) is 0 Å². The SMILES string of the molecule is CNC(CCCc1cc(C)nn1C)C(C)(C)C. The molecule has 1 unspecified atom stereocenters. The predicted molar refractivity (Wildman–Crippen MR) is 73.2 cm³/mol. The van der Waals surface area contributed by atoms with Crippen LogP contribution >= 0.6 is 0 Å². The quantitative estimate of drug-likeness (QED) is 0.853. The fraction of sp³-hybridized carbons (Fsp3) is 0.786. The first-order valence-electron chi connectivity index (χ1n) is 6.51. The molecule has 0 radical (unpaired) electrons. The van der Waals surface area contributed by atoms with Crippen LogP contribution in [0.5, 0.6) is 0 Å². The zero-order valence-electron chi connectivity index (χ0n) is 12.2. The minimum Gasteiger partial charge on any atom is -0.316 e. The lowest BCUT2D eigenvalue weighted by Crippen LogP contribution is -2.37. The van der Waals surface area contributed by atoms with Crippen LogP contribution in [0.2, 0.25) is 0 Å². The molecule has 1 N–H and O–H groups in total. The van der Waals surface area contributed by atoms with Crippen LogP contribution in [0.25, 0.3) is 0 Å². The van der Waals surface area contributed by atoms with E-state index in [9.17, 15) is 0 Å². The van der Waals surface area contributed by atoms with Gasteiger partial charge >= 0.3 is 0 Å². The van der Waals surface area contributed by atoms with Crippen molar-refractivity contribution in [2.45, 2.75) is 53.0 Å². The van der Waals surface area contributed by atoms with Crippen molar-refractivity contribution in [3.05, 3.63) is 17.5 Å². The summed E-state index contributed by atoms with van der Waals surface area (Å²) < 4.78 is 2.00. The summed E-state index contributed by atoms with van der Waals surface area (Å²) in [7, 11) is 4.09. The number of nitrogens with one attached hydrogen (secondary N) is 1. The van der Waals surface area contributed by atoms with E-state index in [2.05, 4.69) is 51.2 Å². The molecular weight excluding hydrogens is 210 g/mol. The number of aromatic nitrogens is 2. The Morgan fingerprint density at radius 2 is 2.06 bits per heavy atom. The van der Waals surface area contributed by atoms with Gasteiger partial charge in [0.15, 0.2) is 0 Å². The van der Waals surface area contributed by atoms with Crippen molar-refractivity contribution in [2.75, 3.05) is 7.05 Å². The Balaban J connectivity index is 2.44. The molecule has 0 spiro atoms. The van der Waals surface area contributed by atoms with Crippen LogP contribution in [0.15, 0.2) is 6.07 Å². The Morgan fingerprint density at radius 1 is 1.41 bits per heavy atom. The van der Waals surface area contributed by atoms with Crippen LogP contribution in [0.1, 0.15) is 45.0 Å². The van der Waals surface area contributed by atoms with Crippen LogP contribution in [-0.2, 0) is 13.5 Å². The van der Waals surface area contributed by atoms with E-state index in [0.717, 1.165) is 12.1 Å². The molecule has 0 saturated carbocycles. The normalized spacial score (nSPS) is 14.0. The van der Waals surface area contributed by atoms with Gasteiger partial charge in [0.25, 0.3) is 0 Å². The maximum Gasteiger partial charge on any atom is 0.0596 e. The van der Waals surface area contributed by atoms with Gasteiger partial charge in [0.2, 0.25) is 0 Å². The highest BCUT2D eigenvalue weighted by molar-refractivity contribution is 5.08. The molecule has 1 aromatic heterocycles. The lowest BCUT2D eigenvalue weighted by molar-refractivity contribution is 0.263. The molecule has 0 bridgehead atoms. The molecule has 17 heavy (non-hydrogen) atoms. The van der Waals surface area contributed by atoms with Crippen molar-refractivity contribution in [1.82, 2.24) is 15.1 Å². The molecular formula is C14H27N3. The summed E-state index contributed by atoms with van der Waals surface area (Å²) in [5.74, 6) is 0. The van der Waals surface area contributed by atoms with Crippen LogP contribution in [0.3, 0.4) is 0 Å². The molecule has 0 amide bonds. The van der Waals surface area contributed by atoms with Crippen molar-refractivity contribution in [2.24, 2.45) is 12.5 Å². The molecule has 0 aliphatic rings. The van der Waals surface area contributed by atoms with Crippen molar-refractivity contribution in [1.29, 1.82) is 0 Å². The average Bonchev–Trinajstić information content (AvgIpc) is 2.50. The molecule has 3 nitrogen and oxygen atoms in total. The summed E-state index contributed by atoms with van der Waals surface area (Å²) in [6, 6.07) is 2.77. The van der Waals surface area contributed by atoms with Gasteiger partial charge in [-0.1, -0.05) is 20.8 Å². The summed E-state index contributed by atoms with van der Waals surface area (Å²) >= 11 is 0. The summed E-state index contributed by atoms with van der Waals surface area (Å²) in [6.07, 6.45) is 3.54. The number of hydrogen-bond donors (Lipinski definition) is 1. The second-order valence-electron chi connectivity index (χ2n) is 6.00. The maximum atomic E-state index is 4.38. The van der Waals surface area contributed by atoms with Crippen molar-refractivity contribution >= 4 is 0 Å². The molecule has 1 atom stereocenters. The van der Waals surface area contributed by atoms with Crippen LogP contribution in [0.4, 0.5) is 0 Å². The first-order valence-corrected chi connectivity index (χ1v) is 6.51. The predicted octanol–water partition coefficient (Wildman–Crippen LogP) is 2.69. The molecule has 0 aliphatic carbocycles. The first kappa shape index (κ1) is 14.2. The average molecular weight is 237 g/mol. The molecule has 3 heteroatoms. The Bertz CT molecular complexity index is 347. The minimum atomic E-state index is 0.330. The summed E-state index contributed by atoms with van der Waals surface area (Å²) in [4.78, 5) is 0. The monoisotopic (exact) mass is 237 g/mol. The van der Waals surface area contributed by atoms with Gasteiger partial charge < -0.3 is 5.32 Å². The lowest BCUT2D eigenvalue weighted by atomic mass is 9.84. The van der Waals surface area contributed by atoms with Gasteiger partial charge in [-0.05, 0) is 44.7 Å². The fourth-order valence-electron chi connectivity index (χ4n) is 2.40. The number of nitrogens with zero attached hydrogens (tertiary/aromatic N) is 2. The van der Waals surface area contributed by atoms with Gasteiger partial charge in [-0.25, -0.2) is 0 Å². The third kappa shape index (κ3) is 4.15. The number of hydrogen-bond acceptors (Lipinski definition) is 2. The molecule has 0 saturated heterocycles. The van der Waals surface area contributed by atoms with E-state index in [4.69, 9.17) is 0 Å². The molecule has 0 aromatic carbocycles. The van der Waals surface area contributed by atoms with Gasteiger partial charge in [0, 0.05) is 18.8 Å². The van der Waals surface area contributed by atoms with Crippen LogP contribution in [-0.4, -0.2) is 22.9 Å². The highest BCUT2D eigenvalue weighted by Crippen LogP contribution is 2.23. The number of aryl methyl sites for hydroxylation is 3. The number of rotatable bonds is 5. The van der Waals surface area contributed by atoms with Gasteiger partial charge in [-0.3, -0.25) is 4.68 Å². The zero-order valence-corrected chi connectivity index (χ0v) is 12.2. The van der Waals surface area contributed by atoms with Gasteiger partial charge in [0.1, 0.15) is 0 Å². The maximum absolute atomic E-state index is 4.38. The third-order valence-corrected chi connectivity index (χ3v) is 3.42. The summed E-state index contributed by atoms with van der Waals surface area (Å²) in [6.45, 7) is 8.93. The second kappa shape index (κ2) is 5.67. The fourth-order valence-corrected chi connectivity index (χ4v) is 2.40.